The van der Waals surface area contributed by atoms with Gasteiger partial charge in [0, 0.05) is 25.0 Å². The fraction of sp³-hybridized carbons (Fsp3) is 0.583. The molecule has 0 aromatic carbocycles. The summed E-state index contributed by atoms with van der Waals surface area (Å²) in [6, 6.07) is 2.06. The van der Waals surface area contributed by atoms with Crippen molar-refractivity contribution < 1.29 is 4.74 Å². The Kier molecular flexibility index (Phi) is 4.16. The highest BCUT2D eigenvalue weighted by Crippen LogP contribution is 2.21. The van der Waals surface area contributed by atoms with E-state index in [1.807, 2.05) is 6.07 Å². The van der Waals surface area contributed by atoms with Gasteiger partial charge in [-0.2, -0.15) is 0 Å². The fourth-order valence-corrected chi connectivity index (χ4v) is 2.29. The lowest BCUT2D eigenvalue weighted by Crippen LogP contribution is -2.37. The number of hydrogen-bond acceptors (Lipinski definition) is 3. The molecule has 2 N–H and O–H groups in total. The molecule has 0 radical (unpaired) electrons. The maximum atomic E-state index is 6.19. The van der Waals surface area contributed by atoms with E-state index >= 15 is 0 Å². The highest BCUT2D eigenvalue weighted by molar-refractivity contribution is 6.31. The highest BCUT2D eigenvalue weighted by Gasteiger charge is 2.21. The predicted molar refractivity (Wildman–Crippen MR) is 64.5 cm³/mol. The van der Waals surface area contributed by atoms with Crippen LogP contribution in [-0.4, -0.2) is 24.2 Å². The van der Waals surface area contributed by atoms with Crippen LogP contribution in [0.15, 0.2) is 18.5 Å². The van der Waals surface area contributed by atoms with Crippen LogP contribution in [0.2, 0.25) is 5.02 Å². The van der Waals surface area contributed by atoms with Gasteiger partial charge >= 0.3 is 0 Å². The third-order valence-corrected chi connectivity index (χ3v) is 3.45. The van der Waals surface area contributed by atoms with Crippen LogP contribution in [0.3, 0.4) is 0 Å². The molecule has 2 heterocycles. The molecule has 1 saturated heterocycles. The topological polar surface area (TPSA) is 48.1 Å². The Morgan fingerprint density at radius 2 is 2.50 bits per heavy atom. The maximum absolute atomic E-state index is 6.19. The maximum Gasteiger partial charge on any atom is 0.0621 e. The minimum Gasteiger partial charge on any atom is -0.381 e. The summed E-state index contributed by atoms with van der Waals surface area (Å²) >= 11 is 6.06. The smallest absolute Gasteiger partial charge is 0.0621 e. The normalized spacial score (nSPS) is 23.0. The van der Waals surface area contributed by atoms with Gasteiger partial charge in [-0.25, -0.2) is 0 Å². The fourth-order valence-electron chi connectivity index (χ4n) is 2.09. The molecule has 0 saturated carbocycles. The van der Waals surface area contributed by atoms with Crippen LogP contribution in [0.4, 0.5) is 0 Å². The summed E-state index contributed by atoms with van der Waals surface area (Å²) < 4.78 is 5.45. The summed E-state index contributed by atoms with van der Waals surface area (Å²) in [5.74, 6) is 0.456. The van der Waals surface area contributed by atoms with Crippen LogP contribution in [0.5, 0.6) is 0 Å². The van der Waals surface area contributed by atoms with Crippen LogP contribution in [0.1, 0.15) is 18.4 Å². The molecule has 1 aromatic heterocycles. The number of halogens is 1. The minimum atomic E-state index is 0.125. The summed E-state index contributed by atoms with van der Waals surface area (Å²) in [6.07, 6.45) is 6.49. The van der Waals surface area contributed by atoms with Gasteiger partial charge in [-0.05, 0) is 36.8 Å². The average molecular weight is 241 g/mol. The first kappa shape index (κ1) is 11.8. The quantitative estimate of drug-likeness (QED) is 0.880. The van der Waals surface area contributed by atoms with Crippen LogP contribution in [0, 0.1) is 5.92 Å². The second-order valence-electron chi connectivity index (χ2n) is 4.31. The molecule has 16 heavy (non-hydrogen) atoms. The van der Waals surface area contributed by atoms with E-state index in [0.717, 1.165) is 38.0 Å². The van der Waals surface area contributed by atoms with Crippen LogP contribution in [-0.2, 0) is 11.2 Å². The van der Waals surface area contributed by atoms with Crippen molar-refractivity contribution in [3.63, 3.8) is 0 Å². The number of nitrogens with two attached hydrogens (primary N) is 1. The van der Waals surface area contributed by atoms with E-state index in [2.05, 4.69) is 4.98 Å². The molecular formula is C12H17ClN2O. The van der Waals surface area contributed by atoms with Gasteiger partial charge in [0.15, 0.2) is 0 Å². The van der Waals surface area contributed by atoms with E-state index in [4.69, 9.17) is 22.1 Å². The number of nitrogens with zero attached hydrogens (tertiary/aromatic N) is 1. The van der Waals surface area contributed by atoms with E-state index in [0.29, 0.717) is 10.9 Å². The molecule has 0 bridgehead atoms. The Balaban J connectivity index is 1.96. The molecule has 1 aliphatic heterocycles. The molecule has 4 heteroatoms. The first-order chi connectivity index (χ1) is 7.77. The summed E-state index contributed by atoms with van der Waals surface area (Å²) in [4.78, 5) is 3.97. The van der Waals surface area contributed by atoms with Gasteiger partial charge in [0.1, 0.15) is 0 Å². The van der Waals surface area contributed by atoms with Gasteiger partial charge in [-0.15, -0.1) is 0 Å². The van der Waals surface area contributed by atoms with Gasteiger partial charge in [-0.3, -0.25) is 4.98 Å². The Hall–Kier alpha value is -0.640. The van der Waals surface area contributed by atoms with Crippen molar-refractivity contribution in [2.75, 3.05) is 13.2 Å². The number of ether oxygens (including phenoxy) is 1. The lowest BCUT2D eigenvalue weighted by molar-refractivity contribution is 0.0450. The van der Waals surface area contributed by atoms with Crippen molar-refractivity contribution in [3.8, 4) is 0 Å². The van der Waals surface area contributed by atoms with Gasteiger partial charge in [0.2, 0.25) is 0 Å². The molecule has 88 valence electrons. The first-order valence-corrected chi connectivity index (χ1v) is 6.07. The van der Waals surface area contributed by atoms with Crippen LogP contribution >= 0.6 is 11.6 Å². The SMILES string of the molecule is NC(Cc1ccncc1Cl)C1CCCOC1. The summed E-state index contributed by atoms with van der Waals surface area (Å²) in [5.41, 5.74) is 7.27. The summed E-state index contributed by atoms with van der Waals surface area (Å²) in [6.45, 7) is 1.66. The first-order valence-electron chi connectivity index (χ1n) is 5.69. The molecule has 0 amide bonds. The van der Waals surface area contributed by atoms with Crippen molar-refractivity contribution in [3.05, 3.63) is 29.0 Å². The van der Waals surface area contributed by atoms with Crippen molar-refractivity contribution in [2.45, 2.75) is 25.3 Å². The largest absolute Gasteiger partial charge is 0.381 e. The molecule has 2 atom stereocenters. The van der Waals surface area contributed by atoms with Crippen LogP contribution in [0.25, 0.3) is 0 Å². The number of aromatic nitrogens is 1. The van der Waals surface area contributed by atoms with E-state index in [1.165, 1.54) is 0 Å². The number of rotatable bonds is 3. The Labute approximate surface area is 101 Å². The van der Waals surface area contributed by atoms with Gasteiger partial charge in [0.05, 0.1) is 11.6 Å². The lowest BCUT2D eigenvalue weighted by atomic mass is 9.90. The van der Waals surface area contributed by atoms with E-state index in [9.17, 15) is 0 Å². The zero-order chi connectivity index (χ0) is 11.4. The molecule has 1 fully saturated rings. The molecule has 0 aliphatic carbocycles. The molecule has 0 spiro atoms. The molecule has 1 aromatic rings. The van der Waals surface area contributed by atoms with E-state index in [-0.39, 0.29) is 6.04 Å². The van der Waals surface area contributed by atoms with Gasteiger partial charge in [-0.1, -0.05) is 11.6 Å². The highest BCUT2D eigenvalue weighted by atomic mass is 35.5. The molecule has 2 rings (SSSR count). The van der Waals surface area contributed by atoms with Gasteiger partial charge in [0.25, 0.3) is 0 Å². The van der Waals surface area contributed by atoms with E-state index in [1.54, 1.807) is 12.4 Å². The molecular weight excluding hydrogens is 224 g/mol. The molecule has 3 nitrogen and oxygen atoms in total. The Morgan fingerprint density at radius 3 is 3.19 bits per heavy atom. The Bertz CT molecular complexity index is 340. The van der Waals surface area contributed by atoms with Crippen molar-refractivity contribution in [1.29, 1.82) is 0 Å². The standard InChI is InChI=1S/C12H17ClN2O/c13-11-7-15-4-3-9(11)6-12(14)10-2-1-5-16-8-10/h3-4,7,10,12H,1-2,5-6,8,14H2. The second kappa shape index (κ2) is 5.62. The summed E-state index contributed by atoms with van der Waals surface area (Å²) in [7, 11) is 0. The summed E-state index contributed by atoms with van der Waals surface area (Å²) in [5, 5.41) is 0.703. The second-order valence-corrected chi connectivity index (χ2v) is 4.72. The van der Waals surface area contributed by atoms with Gasteiger partial charge < -0.3 is 10.5 Å². The number of pyridine rings is 1. The van der Waals surface area contributed by atoms with Crippen molar-refractivity contribution in [1.82, 2.24) is 4.98 Å². The molecule has 1 aliphatic rings. The lowest BCUT2D eigenvalue weighted by Gasteiger charge is -2.27. The third kappa shape index (κ3) is 2.94. The third-order valence-electron chi connectivity index (χ3n) is 3.11. The van der Waals surface area contributed by atoms with Crippen LogP contribution < -0.4 is 5.73 Å². The molecule has 2 unspecified atom stereocenters. The Morgan fingerprint density at radius 1 is 1.62 bits per heavy atom. The zero-order valence-electron chi connectivity index (χ0n) is 9.23. The van der Waals surface area contributed by atoms with E-state index < -0.39 is 0 Å². The minimum absolute atomic E-state index is 0.125. The average Bonchev–Trinajstić information content (AvgIpc) is 2.33. The predicted octanol–water partition coefficient (Wildman–Crippen LogP) is 2.03. The van der Waals surface area contributed by atoms with Crippen molar-refractivity contribution >= 4 is 11.6 Å². The zero-order valence-corrected chi connectivity index (χ0v) is 9.99. The monoisotopic (exact) mass is 240 g/mol. The number of hydrogen-bond donors (Lipinski definition) is 1. The van der Waals surface area contributed by atoms with Crippen molar-refractivity contribution in [2.24, 2.45) is 11.7 Å².